The third-order valence-corrected chi connectivity index (χ3v) is 5.75. The van der Waals surface area contributed by atoms with Gasteiger partial charge in [0.05, 0.1) is 0 Å². The molecule has 0 unspecified atom stereocenters. The smallest absolute Gasteiger partial charge is 0.223 e. The molecule has 3 rings (SSSR count). The third-order valence-electron chi connectivity index (χ3n) is 5.75. The summed E-state index contributed by atoms with van der Waals surface area (Å²) < 4.78 is 0. The molecule has 2 saturated carbocycles. The van der Waals surface area contributed by atoms with Crippen LogP contribution in [-0.2, 0) is 10.2 Å². The number of nitrogens with one attached hydrogen (secondary N) is 3. The van der Waals surface area contributed by atoms with E-state index in [0.717, 1.165) is 25.3 Å². The van der Waals surface area contributed by atoms with Gasteiger partial charge in [0.1, 0.15) is 0 Å². The van der Waals surface area contributed by atoms with Gasteiger partial charge in [-0.1, -0.05) is 49.6 Å². The normalized spacial score (nSPS) is 19.7. The van der Waals surface area contributed by atoms with E-state index in [1.165, 1.54) is 37.7 Å². The van der Waals surface area contributed by atoms with E-state index in [2.05, 4.69) is 51.3 Å². The predicted molar refractivity (Wildman–Crippen MR) is 106 cm³/mol. The van der Waals surface area contributed by atoms with Gasteiger partial charge in [-0.15, -0.1) is 0 Å². The summed E-state index contributed by atoms with van der Waals surface area (Å²) in [6.07, 6.45) is 8.19. The van der Waals surface area contributed by atoms with Gasteiger partial charge in [-0.05, 0) is 31.2 Å². The van der Waals surface area contributed by atoms with Gasteiger partial charge in [0.15, 0.2) is 5.96 Å². The Balaban J connectivity index is 1.35. The number of carbonyl (C=O) groups is 1. The Morgan fingerprint density at radius 2 is 1.73 bits per heavy atom. The van der Waals surface area contributed by atoms with Crippen molar-refractivity contribution in [2.24, 2.45) is 10.9 Å². The van der Waals surface area contributed by atoms with Crippen LogP contribution in [0.3, 0.4) is 0 Å². The zero-order chi connectivity index (χ0) is 18.2. The number of amides is 1. The molecular formula is C21H32N4O. The van der Waals surface area contributed by atoms with Crippen molar-refractivity contribution in [2.45, 2.75) is 50.4 Å². The zero-order valence-electron chi connectivity index (χ0n) is 15.9. The first-order valence-corrected chi connectivity index (χ1v) is 10.0. The van der Waals surface area contributed by atoms with Crippen molar-refractivity contribution in [3.8, 4) is 0 Å². The second-order valence-electron chi connectivity index (χ2n) is 7.62. The molecule has 5 nitrogen and oxygen atoms in total. The van der Waals surface area contributed by atoms with Crippen LogP contribution in [0.1, 0.15) is 50.5 Å². The Hall–Kier alpha value is -2.04. The first-order valence-electron chi connectivity index (χ1n) is 10.0. The summed E-state index contributed by atoms with van der Waals surface area (Å²) in [5.41, 5.74) is 1.66. The van der Waals surface area contributed by atoms with Crippen LogP contribution in [0.25, 0.3) is 0 Å². The number of hydrogen-bond acceptors (Lipinski definition) is 2. The lowest BCUT2D eigenvalue weighted by molar-refractivity contribution is -0.125. The van der Waals surface area contributed by atoms with Crippen molar-refractivity contribution in [3.05, 3.63) is 35.9 Å². The van der Waals surface area contributed by atoms with Gasteiger partial charge in [-0.25, -0.2) is 0 Å². The van der Waals surface area contributed by atoms with E-state index in [4.69, 9.17) is 0 Å². The van der Waals surface area contributed by atoms with Gasteiger partial charge in [-0.3, -0.25) is 9.79 Å². The number of benzene rings is 1. The van der Waals surface area contributed by atoms with Gasteiger partial charge in [-0.2, -0.15) is 0 Å². The molecule has 5 heteroatoms. The highest BCUT2D eigenvalue weighted by molar-refractivity contribution is 5.80. The molecule has 0 atom stereocenters. The van der Waals surface area contributed by atoms with Crippen LogP contribution in [0.5, 0.6) is 0 Å². The number of carbonyl (C=O) groups excluding carboxylic acids is 1. The Bertz CT molecular complexity index is 604. The average molecular weight is 357 g/mol. The maximum atomic E-state index is 12.1. The molecule has 0 aromatic heterocycles. The second kappa shape index (κ2) is 9.06. The van der Waals surface area contributed by atoms with Crippen molar-refractivity contribution in [1.82, 2.24) is 16.0 Å². The molecule has 2 aliphatic rings. The fourth-order valence-electron chi connectivity index (χ4n) is 3.86. The maximum Gasteiger partial charge on any atom is 0.223 e. The molecule has 0 saturated heterocycles. The molecule has 0 bridgehead atoms. The molecule has 1 aromatic carbocycles. The molecule has 26 heavy (non-hydrogen) atoms. The van der Waals surface area contributed by atoms with Crippen LogP contribution in [0.15, 0.2) is 35.3 Å². The Morgan fingerprint density at radius 3 is 2.38 bits per heavy atom. The summed E-state index contributed by atoms with van der Waals surface area (Å²) in [6, 6.07) is 10.7. The Labute approximate surface area is 157 Å². The minimum absolute atomic E-state index is 0.218. The van der Waals surface area contributed by atoms with E-state index in [-0.39, 0.29) is 17.2 Å². The molecule has 0 spiro atoms. The summed E-state index contributed by atoms with van der Waals surface area (Å²) in [7, 11) is 1.79. The van der Waals surface area contributed by atoms with E-state index in [0.29, 0.717) is 13.1 Å². The number of rotatable bonds is 7. The first kappa shape index (κ1) is 18.7. The third kappa shape index (κ3) is 4.99. The fraction of sp³-hybridized carbons (Fsp3) is 0.619. The van der Waals surface area contributed by atoms with E-state index in [1.54, 1.807) is 7.05 Å². The summed E-state index contributed by atoms with van der Waals surface area (Å²) in [5, 5.41) is 9.81. The summed E-state index contributed by atoms with van der Waals surface area (Å²) >= 11 is 0. The molecule has 2 aliphatic carbocycles. The van der Waals surface area contributed by atoms with Gasteiger partial charge in [0, 0.05) is 38.0 Å². The lowest BCUT2D eigenvalue weighted by atomic mass is 9.89. The van der Waals surface area contributed by atoms with Gasteiger partial charge in [0.2, 0.25) is 5.91 Å². The summed E-state index contributed by atoms with van der Waals surface area (Å²) in [4.78, 5) is 16.5. The highest BCUT2D eigenvalue weighted by Gasteiger charge is 2.43. The minimum Gasteiger partial charge on any atom is -0.356 e. The molecule has 1 aromatic rings. The van der Waals surface area contributed by atoms with E-state index in [9.17, 15) is 4.79 Å². The molecule has 0 aliphatic heterocycles. The highest BCUT2D eigenvalue weighted by Crippen LogP contribution is 2.47. The lowest BCUT2D eigenvalue weighted by Gasteiger charge is -2.21. The van der Waals surface area contributed by atoms with E-state index >= 15 is 0 Å². The number of hydrogen-bond donors (Lipinski definition) is 3. The topological polar surface area (TPSA) is 65.5 Å². The standard InChI is InChI=1S/C21H32N4O/c1-22-20(24-15-14-23-19(26)17-8-4-2-5-9-17)25-16-21(12-13-21)18-10-6-3-7-11-18/h3,6-7,10-11,17H,2,4-5,8-9,12-16H2,1H3,(H,23,26)(H2,22,24,25). The predicted octanol–water partition coefficient (Wildman–Crippen LogP) is 2.58. The van der Waals surface area contributed by atoms with E-state index < -0.39 is 0 Å². The summed E-state index contributed by atoms with van der Waals surface area (Å²) in [5.74, 6) is 1.25. The molecule has 3 N–H and O–H groups in total. The number of nitrogens with zero attached hydrogens (tertiary/aromatic N) is 1. The molecular weight excluding hydrogens is 324 g/mol. The van der Waals surface area contributed by atoms with Crippen LogP contribution in [0, 0.1) is 5.92 Å². The van der Waals surface area contributed by atoms with Crippen molar-refractivity contribution < 1.29 is 4.79 Å². The van der Waals surface area contributed by atoms with Gasteiger partial charge in [0.25, 0.3) is 0 Å². The van der Waals surface area contributed by atoms with Crippen LogP contribution in [0.2, 0.25) is 0 Å². The molecule has 1 amide bonds. The van der Waals surface area contributed by atoms with Crippen molar-refractivity contribution in [1.29, 1.82) is 0 Å². The maximum absolute atomic E-state index is 12.1. The molecule has 0 heterocycles. The van der Waals surface area contributed by atoms with Gasteiger partial charge < -0.3 is 16.0 Å². The average Bonchev–Trinajstić information content (AvgIpc) is 3.50. The van der Waals surface area contributed by atoms with Crippen molar-refractivity contribution in [3.63, 3.8) is 0 Å². The quantitative estimate of drug-likeness (QED) is 0.400. The van der Waals surface area contributed by atoms with Crippen LogP contribution < -0.4 is 16.0 Å². The Morgan fingerprint density at radius 1 is 1.04 bits per heavy atom. The zero-order valence-corrected chi connectivity index (χ0v) is 15.9. The SMILES string of the molecule is CN=C(NCCNC(=O)C1CCCCC1)NCC1(c2ccccc2)CC1. The Kier molecular flexibility index (Phi) is 6.53. The minimum atomic E-state index is 0.218. The summed E-state index contributed by atoms with van der Waals surface area (Å²) in [6.45, 7) is 2.22. The van der Waals surface area contributed by atoms with Crippen molar-refractivity contribution in [2.75, 3.05) is 26.7 Å². The van der Waals surface area contributed by atoms with Crippen molar-refractivity contribution >= 4 is 11.9 Å². The molecule has 0 radical (unpaired) electrons. The molecule has 2 fully saturated rings. The van der Waals surface area contributed by atoms with Crippen LogP contribution in [0.4, 0.5) is 0 Å². The number of guanidine groups is 1. The monoisotopic (exact) mass is 356 g/mol. The van der Waals surface area contributed by atoms with Crippen LogP contribution in [-0.4, -0.2) is 38.5 Å². The number of aliphatic imine (C=N–C) groups is 1. The fourth-order valence-corrected chi connectivity index (χ4v) is 3.86. The van der Waals surface area contributed by atoms with E-state index in [1.807, 2.05) is 0 Å². The van der Waals surface area contributed by atoms with Gasteiger partial charge >= 0.3 is 0 Å². The van der Waals surface area contributed by atoms with Crippen LogP contribution >= 0.6 is 0 Å². The first-order chi connectivity index (χ1) is 12.7. The lowest BCUT2D eigenvalue weighted by Crippen LogP contribution is -2.44. The molecule has 142 valence electrons. The highest BCUT2D eigenvalue weighted by atomic mass is 16.1. The largest absolute Gasteiger partial charge is 0.356 e. The second-order valence-corrected chi connectivity index (χ2v) is 7.62.